The molecule has 0 N–H and O–H groups in total. The molecule has 2 heteroatoms. The number of aryl methyl sites for hydroxylation is 2. The van der Waals surface area contributed by atoms with E-state index in [1.165, 1.54) is 0 Å². The first kappa shape index (κ1) is 10.9. The van der Waals surface area contributed by atoms with Gasteiger partial charge >= 0.3 is 0 Å². The molecule has 0 bridgehead atoms. The van der Waals surface area contributed by atoms with Crippen molar-refractivity contribution in [2.75, 3.05) is 0 Å². The van der Waals surface area contributed by atoms with Gasteiger partial charge in [-0.1, -0.05) is 35.4 Å². The lowest BCUT2D eigenvalue weighted by molar-refractivity contribution is 0.0979. The molecule has 88 valence electrons. The third kappa shape index (κ3) is 1.42. The number of hydrogen-bond acceptors (Lipinski definition) is 2. The van der Waals surface area contributed by atoms with Crippen LogP contribution in [0.4, 0.5) is 0 Å². The van der Waals surface area contributed by atoms with E-state index >= 15 is 0 Å². The molecule has 0 heterocycles. The minimum atomic E-state index is -0.0559. The van der Waals surface area contributed by atoms with E-state index in [2.05, 4.69) is 0 Å². The van der Waals surface area contributed by atoms with Gasteiger partial charge in [-0.25, -0.2) is 0 Å². The Morgan fingerprint density at radius 2 is 1.00 bits per heavy atom. The van der Waals surface area contributed by atoms with E-state index in [1.54, 1.807) is 24.3 Å². The predicted octanol–water partition coefficient (Wildman–Crippen LogP) is 3.08. The summed E-state index contributed by atoms with van der Waals surface area (Å²) in [4.78, 5) is 24.7. The molecule has 0 aromatic heterocycles. The summed E-state index contributed by atoms with van der Waals surface area (Å²) in [5, 5.41) is 0. The summed E-state index contributed by atoms with van der Waals surface area (Å²) in [5.41, 5.74) is 4.07. The van der Waals surface area contributed by atoms with Crippen molar-refractivity contribution in [1.29, 1.82) is 0 Å². The molecule has 0 aliphatic heterocycles. The third-order valence-corrected chi connectivity index (χ3v) is 3.33. The van der Waals surface area contributed by atoms with Crippen molar-refractivity contribution in [3.63, 3.8) is 0 Å². The molecule has 1 aliphatic rings. The molecular weight excluding hydrogens is 224 g/mol. The summed E-state index contributed by atoms with van der Waals surface area (Å²) >= 11 is 0. The van der Waals surface area contributed by atoms with Gasteiger partial charge in [-0.05, 0) is 26.0 Å². The highest BCUT2D eigenvalue weighted by atomic mass is 16.1. The molecule has 0 saturated heterocycles. The Labute approximate surface area is 105 Å². The van der Waals surface area contributed by atoms with Crippen LogP contribution in [0.15, 0.2) is 36.4 Å². The number of carbonyl (C=O) groups excluding carboxylic acids is 2. The fraction of sp³-hybridized carbons (Fsp3) is 0.125. The Balaban J connectivity index is 2.32. The van der Waals surface area contributed by atoms with Crippen LogP contribution >= 0.6 is 0 Å². The van der Waals surface area contributed by atoms with E-state index in [1.807, 2.05) is 26.0 Å². The summed E-state index contributed by atoms with van der Waals surface area (Å²) in [7, 11) is 0. The molecule has 1 aliphatic carbocycles. The average Bonchev–Trinajstić information content (AvgIpc) is 2.35. The normalized spacial score (nSPS) is 13.2. The zero-order valence-electron chi connectivity index (χ0n) is 10.3. The van der Waals surface area contributed by atoms with Gasteiger partial charge in [0.1, 0.15) is 0 Å². The molecule has 3 rings (SSSR count). The Morgan fingerprint density at radius 3 is 1.44 bits per heavy atom. The second kappa shape index (κ2) is 3.64. The van der Waals surface area contributed by atoms with Crippen LogP contribution < -0.4 is 0 Å². The first-order valence-electron chi connectivity index (χ1n) is 5.88. The van der Waals surface area contributed by atoms with Gasteiger partial charge in [-0.15, -0.1) is 0 Å². The standard InChI is InChI=1S/C16H12O2/c1-9-3-5-11-13(7-9)16(18)14-8-10(2)4-6-12(14)15(11)17/h3-8H,1-2H3. The number of benzene rings is 2. The van der Waals surface area contributed by atoms with Crippen LogP contribution in [0.2, 0.25) is 0 Å². The topological polar surface area (TPSA) is 34.1 Å². The maximum Gasteiger partial charge on any atom is 0.194 e. The Bertz CT molecular complexity index is 639. The predicted molar refractivity (Wildman–Crippen MR) is 69.2 cm³/mol. The second-order valence-electron chi connectivity index (χ2n) is 4.76. The summed E-state index contributed by atoms with van der Waals surface area (Å²) in [6, 6.07) is 10.8. The third-order valence-electron chi connectivity index (χ3n) is 3.33. The largest absolute Gasteiger partial charge is 0.289 e. The number of carbonyl (C=O) groups is 2. The summed E-state index contributed by atoms with van der Waals surface area (Å²) < 4.78 is 0. The zero-order chi connectivity index (χ0) is 12.9. The fourth-order valence-electron chi connectivity index (χ4n) is 2.38. The number of ketones is 2. The van der Waals surface area contributed by atoms with E-state index in [0.717, 1.165) is 11.1 Å². The van der Waals surface area contributed by atoms with Crippen molar-refractivity contribution in [3.05, 3.63) is 69.8 Å². The quantitative estimate of drug-likeness (QED) is 0.601. The minimum absolute atomic E-state index is 0.0491. The molecule has 0 fully saturated rings. The molecule has 0 radical (unpaired) electrons. The highest BCUT2D eigenvalue weighted by Gasteiger charge is 2.29. The van der Waals surface area contributed by atoms with Crippen molar-refractivity contribution in [2.24, 2.45) is 0 Å². The van der Waals surface area contributed by atoms with E-state index in [0.29, 0.717) is 22.3 Å². The van der Waals surface area contributed by atoms with Crippen molar-refractivity contribution >= 4 is 11.6 Å². The molecule has 0 spiro atoms. The lowest BCUT2D eigenvalue weighted by Crippen LogP contribution is -2.21. The molecule has 2 nitrogen and oxygen atoms in total. The van der Waals surface area contributed by atoms with Crippen molar-refractivity contribution in [3.8, 4) is 0 Å². The maximum absolute atomic E-state index is 12.4. The van der Waals surface area contributed by atoms with E-state index in [9.17, 15) is 9.59 Å². The number of hydrogen-bond donors (Lipinski definition) is 0. The maximum atomic E-state index is 12.4. The molecule has 0 atom stereocenters. The lowest BCUT2D eigenvalue weighted by Gasteiger charge is -2.18. The Morgan fingerprint density at radius 1 is 0.611 bits per heavy atom. The van der Waals surface area contributed by atoms with E-state index in [-0.39, 0.29) is 11.6 Å². The average molecular weight is 236 g/mol. The SMILES string of the molecule is Cc1ccc2c(c1)C(=O)c1cc(C)ccc1C2=O. The summed E-state index contributed by atoms with van der Waals surface area (Å²) in [6.07, 6.45) is 0. The lowest BCUT2D eigenvalue weighted by atomic mass is 9.83. The van der Waals surface area contributed by atoms with Crippen molar-refractivity contribution in [1.82, 2.24) is 0 Å². The van der Waals surface area contributed by atoms with Crippen LogP contribution in [0.5, 0.6) is 0 Å². The molecule has 0 saturated carbocycles. The molecule has 2 aromatic rings. The van der Waals surface area contributed by atoms with Crippen LogP contribution in [0.1, 0.15) is 43.0 Å². The highest BCUT2D eigenvalue weighted by Crippen LogP contribution is 2.28. The Kier molecular flexibility index (Phi) is 2.20. The van der Waals surface area contributed by atoms with Gasteiger partial charge in [0.15, 0.2) is 11.6 Å². The van der Waals surface area contributed by atoms with Crippen LogP contribution in [0.3, 0.4) is 0 Å². The van der Waals surface area contributed by atoms with Gasteiger partial charge in [0, 0.05) is 22.3 Å². The smallest absolute Gasteiger partial charge is 0.194 e. The highest BCUT2D eigenvalue weighted by molar-refractivity contribution is 6.28. The number of rotatable bonds is 0. The number of fused-ring (bicyclic) bond motifs is 2. The molecule has 0 unspecified atom stereocenters. The van der Waals surface area contributed by atoms with Gasteiger partial charge < -0.3 is 0 Å². The van der Waals surface area contributed by atoms with Gasteiger partial charge in [-0.2, -0.15) is 0 Å². The van der Waals surface area contributed by atoms with Gasteiger partial charge in [0.25, 0.3) is 0 Å². The van der Waals surface area contributed by atoms with Crippen molar-refractivity contribution < 1.29 is 9.59 Å². The summed E-state index contributed by atoms with van der Waals surface area (Å²) in [6.45, 7) is 3.84. The van der Waals surface area contributed by atoms with Gasteiger partial charge in [0.05, 0.1) is 0 Å². The fourth-order valence-corrected chi connectivity index (χ4v) is 2.38. The van der Waals surface area contributed by atoms with Crippen LogP contribution in [-0.2, 0) is 0 Å². The molecule has 2 aromatic carbocycles. The van der Waals surface area contributed by atoms with Gasteiger partial charge in [-0.3, -0.25) is 9.59 Å². The van der Waals surface area contributed by atoms with E-state index in [4.69, 9.17) is 0 Å². The monoisotopic (exact) mass is 236 g/mol. The first-order chi connectivity index (χ1) is 8.58. The van der Waals surface area contributed by atoms with Crippen LogP contribution in [0, 0.1) is 13.8 Å². The summed E-state index contributed by atoms with van der Waals surface area (Å²) in [5.74, 6) is -0.105. The molecule has 18 heavy (non-hydrogen) atoms. The Hall–Kier alpha value is -2.22. The first-order valence-corrected chi connectivity index (χ1v) is 5.88. The van der Waals surface area contributed by atoms with Crippen LogP contribution in [0.25, 0.3) is 0 Å². The van der Waals surface area contributed by atoms with Crippen LogP contribution in [-0.4, -0.2) is 11.6 Å². The van der Waals surface area contributed by atoms with E-state index < -0.39 is 0 Å². The molecule has 0 amide bonds. The second-order valence-corrected chi connectivity index (χ2v) is 4.76. The minimum Gasteiger partial charge on any atom is -0.289 e. The van der Waals surface area contributed by atoms with Crippen molar-refractivity contribution in [2.45, 2.75) is 13.8 Å². The zero-order valence-corrected chi connectivity index (χ0v) is 10.3. The van der Waals surface area contributed by atoms with Gasteiger partial charge in [0.2, 0.25) is 0 Å². The molecular formula is C16H12O2.